The van der Waals surface area contributed by atoms with Crippen molar-refractivity contribution in [2.24, 2.45) is 52.3 Å². The number of hydrogen-bond acceptors (Lipinski definition) is 3. The van der Waals surface area contributed by atoms with Crippen molar-refractivity contribution in [3.8, 4) is 0 Å². The van der Waals surface area contributed by atoms with E-state index in [9.17, 15) is 0 Å². The maximum Gasteiger partial charge on any atom is 0.0987 e. The van der Waals surface area contributed by atoms with Gasteiger partial charge in [0, 0.05) is 6.54 Å². The highest BCUT2D eigenvalue weighted by Gasteiger charge is 2.59. The summed E-state index contributed by atoms with van der Waals surface area (Å²) in [5.41, 5.74) is 5.66. The summed E-state index contributed by atoms with van der Waals surface area (Å²) in [5.74, 6) is 6.10. The Morgan fingerprint density at radius 2 is 1.69 bits per heavy atom. The van der Waals surface area contributed by atoms with Crippen molar-refractivity contribution in [2.75, 3.05) is 6.54 Å². The predicted molar refractivity (Wildman–Crippen MR) is 146 cm³/mol. The summed E-state index contributed by atoms with van der Waals surface area (Å²) in [7, 11) is 0. The zero-order valence-corrected chi connectivity index (χ0v) is 24.2. The molecule has 8 atom stereocenters. The van der Waals surface area contributed by atoms with Crippen LogP contribution >= 0.6 is 0 Å². The standard InChI is InChI=1S/C32H57NO2/c1-22(2)9-8-10-24(5)28-13-14-29-27-12-11-25-21-26(34-35-33-20-17-23(3)4)15-18-31(25,6)30(27)16-19-32(28,29)7/h11,22-24,26-30,33H,8-10,12-21H2,1-7H3/t24?,26?,27?,28?,29?,30?,31-,32+/m0/s1. The molecule has 0 aromatic heterocycles. The first-order valence-electron chi connectivity index (χ1n) is 15.4. The number of nitrogens with one attached hydrogen (secondary N) is 1. The number of hydrogen-bond donors (Lipinski definition) is 1. The van der Waals surface area contributed by atoms with Crippen LogP contribution in [0.5, 0.6) is 0 Å². The molecule has 6 unspecified atom stereocenters. The van der Waals surface area contributed by atoms with Crippen LogP contribution in [0.1, 0.15) is 126 Å². The Bertz CT molecular complexity index is 716. The average molecular weight is 488 g/mol. The van der Waals surface area contributed by atoms with Crippen molar-refractivity contribution in [2.45, 2.75) is 132 Å². The van der Waals surface area contributed by atoms with E-state index in [1.54, 1.807) is 5.57 Å². The molecule has 3 heteroatoms. The van der Waals surface area contributed by atoms with Gasteiger partial charge in [-0.1, -0.05) is 79.4 Å². The largest absolute Gasteiger partial charge is 0.214 e. The summed E-state index contributed by atoms with van der Waals surface area (Å²) >= 11 is 0. The number of allylic oxidation sites excluding steroid dienone is 1. The quantitative estimate of drug-likeness (QED) is 0.137. The van der Waals surface area contributed by atoms with E-state index in [1.807, 2.05) is 0 Å². The number of fused-ring (bicyclic) bond motifs is 5. The van der Waals surface area contributed by atoms with E-state index in [0.29, 0.717) is 16.7 Å². The maximum atomic E-state index is 5.82. The molecule has 0 heterocycles. The molecule has 202 valence electrons. The molecule has 0 saturated heterocycles. The van der Waals surface area contributed by atoms with Crippen molar-refractivity contribution < 1.29 is 9.88 Å². The van der Waals surface area contributed by atoms with Gasteiger partial charge < -0.3 is 0 Å². The normalized spacial score (nSPS) is 39.8. The van der Waals surface area contributed by atoms with E-state index in [0.717, 1.165) is 61.3 Å². The Labute approximate surface area is 217 Å². The van der Waals surface area contributed by atoms with Crippen molar-refractivity contribution in [1.82, 2.24) is 5.48 Å². The molecule has 35 heavy (non-hydrogen) atoms. The Hall–Kier alpha value is -0.380. The third-order valence-electron chi connectivity index (χ3n) is 11.3. The topological polar surface area (TPSA) is 30.5 Å². The van der Waals surface area contributed by atoms with E-state index in [-0.39, 0.29) is 6.10 Å². The van der Waals surface area contributed by atoms with Crippen molar-refractivity contribution >= 4 is 0 Å². The summed E-state index contributed by atoms with van der Waals surface area (Å²) < 4.78 is 0. The van der Waals surface area contributed by atoms with Crippen molar-refractivity contribution in [1.29, 1.82) is 0 Å². The second-order valence-electron chi connectivity index (χ2n) is 14.4. The molecule has 0 amide bonds. The Morgan fingerprint density at radius 3 is 2.43 bits per heavy atom. The van der Waals surface area contributed by atoms with Gasteiger partial charge in [-0.15, -0.1) is 4.99 Å². The van der Waals surface area contributed by atoms with E-state index in [1.165, 1.54) is 57.8 Å². The monoisotopic (exact) mass is 487 g/mol. The Kier molecular flexibility index (Phi) is 9.14. The van der Waals surface area contributed by atoms with E-state index < -0.39 is 0 Å². The molecule has 0 spiro atoms. The van der Waals surface area contributed by atoms with Gasteiger partial charge in [-0.05, 0) is 110 Å². The average Bonchev–Trinajstić information content (AvgIpc) is 3.15. The van der Waals surface area contributed by atoms with E-state index >= 15 is 0 Å². The molecule has 3 fully saturated rings. The lowest BCUT2D eigenvalue weighted by molar-refractivity contribution is -0.365. The zero-order valence-electron chi connectivity index (χ0n) is 24.2. The third-order valence-corrected chi connectivity index (χ3v) is 11.3. The highest BCUT2D eigenvalue weighted by Crippen LogP contribution is 2.67. The van der Waals surface area contributed by atoms with Crippen LogP contribution in [0.2, 0.25) is 0 Å². The first-order valence-corrected chi connectivity index (χ1v) is 15.4. The van der Waals surface area contributed by atoms with Gasteiger partial charge in [0.05, 0.1) is 6.10 Å². The van der Waals surface area contributed by atoms with Crippen LogP contribution < -0.4 is 5.48 Å². The predicted octanol–water partition coefficient (Wildman–Crippen LogP) is 8.90. The molecular formula is C32H57NO2. The number of hydroxylamine groups is 1. The summed E-state index contributed by atoms with van der Waals surface area (Å²) in [5, 5.41) is 0. The van der Waals surface area contributed by atoms with E-state index in [2.05, 4.69) is 60.0 Å². The first kappa shape index (κ1) is 27.6. The summed E-state index contributed by atoms with van der Waals surface area (Å²) in [6, 6.07) is 0. The van der Waals surface area contributed by atoms with Crippen LogP contribution in [0.15, 0.2) is 11.6 Å². The van der Waals surface area contributed by atoms with Gasteiger partial charge in [0.2, 0.25) is 0 Å². The molecule has 0 aliphatic heterocycles. The molecule has 4 aliphatic rings. The van der Waals surface area contributed by atoms with Gasteiger partial charge in [0.25, 0.3) is 0 Å². The highest BCUT2D eigenvalue weighted by atomic mass is 17.3. The van der Waals surface area contributed by atoms with Gasteiger partial charge in [-0.2, -0.15) is 5.48 Å². The van der Waals surface area contributed by atoms with Crippen LogP contribution in [-0.4, -0.2) is 12.6 Å². The smallest absolute Gasteiger partial charge is 0.0987 e. The molecule has 4 rings (SSSR count). The second kappa shape index (κ2) is 11.6. The molecule has 1 N–H and O–H groups in total. The molecule has 3 nitrogen and oxygen atoms in total. The lowest BCUT2D eigenvalue weighted by Gasteiger charge is -2.58. The fourth-order valence-corrected chi connectivity index (χ4v) is 9.23. The van der Waals surface area contributed by atoms with Crippen LogP contribution in [0.3, 0.4) is 0 Å². The van der Waals surface area contributed by atoms with Gasteiger partial charge >= 0.3 is 0 Å². The summed E-state index contributed by atoms with van der Waals surface area (Å²) in [4.78, 5) is 11.2. The SMILES string of the molecule is CC(C)CCCC(C)C1CCC2C3CC=C4CC(OONCCC(C)C)CC[C@]4(C)C3CC[C@]12C. The van der Waals surface area contributed by atoms with Gasteiger partial charge in [0.1, 0.15) is 0 Å². The fraction of sp³-hybridized carbons (Fsp3) is 0.938. The van der Waals surface area contributed by atoms with Crippen LogP contribution in [0.25, 0.3) is 0 Å². The fourth-order valence-electron chi connectivity index (χ4n) is 9.23. The summed E-state index contributed by atoms with van der Waals surface area (Å²) in [6.07, 6.45) is 18.9. The molecule has 0 radical (unpaired) electrons. The first-order chi connectivity index (χ1) is 16.6. The molecular weight excluding hydrogens is 430 g/mol. The molecule has 0 bridgehead atoms. The Balaban J connectivity index is 1.35. The zero-order chi connectivity index (χ0) is 25.2. The second-order valence-corrected chi connectivity index (χ2v) is 14.4. The van der Waals surface area contributed by atoms with Crippen molar-refractivity contribution in [3.05, 3.63) is 11.6 Å². The van der Waals surface area contributed by atoms with E-state index in [4.69, 9.17) is 9.88 Å². The van der Waals surface area contributed by atoms with Gasteiger partial charge in [-0.3, -0.25) is 0 Å². The maximum absolute atomic E-state index is 5.82. The Morgan fingerprint density at radius 1 is 0.914 bits per heavy atom. The van der Waals surface area contributed by atoms with Crippen LogP contribution in [0, 0.1) is 52.3 Å². The van der Waals surface area contributed by atoms with Crippen molar-refractivity contribution in [3.63, 3.8) is 0 Å². The molecule has 0 aromatic rings. The lowest BCUT2D eigenvalue weighted by atomic mass is 9.47. The minimum absolute atomic E-state index is 0.203. The summed E-state index contributed by atoms with van der Waals surface area (Å²) in [6.45, 7) is 18.0. The minimum atomic E-state index is 0.203. The third kappa shape index (κ3) is 5.88. The molecule has 3 saturated carbocycles. The highest BCUT2D eigenvalue weighted by molar-refractivity contribution is 5.25. The van der Waals surface area contributed by atoms with Crippen LogP contribution in [0.4, 0.5) is 0 Å². The number of rotatable bonds is 11. The molecule has 4 aliphatic carbocycles. The van der Waals surface area contributed by atoms with Crippen LogP contribution in [-0.2, 0) is 9.88 Å². The lowest BCUT2D eigenvalue weighted by Crippen LogP contribution is -2.51. The van der Waals surface area contributed by atoms with Gasteiger partial charge in [-0.25, -0.2) is 4.89 Å². The minimum Gasteiger partial charge on any atom is -0.214 e. The molecule has 0 aromatic carbocycles. The van der Waals surface area contributed by atoms with Gasteiger partial charge in [0.15, 0.2) is 0 Å².